The number of hydrogen-bond acceptors (Lipinski definition) is 3. The highest BCUT2D eigenvalue weighted by atomic mass is 35.5. The van der Waals surface area contributed by atoms with Crippen LogP contribution in [-0.2, 0) is 14.6 Å². The summed E-state index contributed by atoms with van der Waals surface area (Å²) < 4.78 is 24.9. The fourth-order valence-corrected chi connectivity index (χ4v) is 4.79. The number of hydrogen-bond donors (Lipinski definition) is 1. The van der Waals surface area contributed by atoms with Crippen LogP contribution < -0.4 is 0 Å². The van der Waals surface area contributed by atoms with Gasteiger partial charge in [-0.25, -0.2) is 8.42 Å². The third kappa shape index (κ3) is 2.92. The lowest BCUT2D eigenvalue weighted by atomic mass is 9.89. The Labute approximate surface area is 117 Å². The van der Waals surface area contributed by atoms with Gasteiger partial charge in [0.15, 0.2) is 9.84 Å². The molecule has 0 unspecified atom stereocenters. The van der Waals surface area contributed by atoms with E-state index in [0.29, 0.717) is 25.7 Å². The summed E-state index contributed by atoms with van der Waals surface area (Å²) >= 11 is 5.93. The zero-order chi connectivity index (χ0) is 14.0. The SMILES string of the molecule is O=C(O)C1CCC(S(=O)(=O)c2ccccc2Cl)CC1. The maximum Gasteiger partial charge on any atom is 0.306 e. The molecule has 1 saturated carbocycles. The summed E-state index contributed by atoms with van der Waals surface area (Å²) in [5.41, 5.74) is 0. The van der Waals surface area contributed by atoms with Gasteiger partial charge in [0.1, 0.15) is 0 Å². The number of carbonyl (C=O) groups is 1. The molecular weight excluding hydrogens is 288 g/mol. The highest BCUT2D eigenvalue weighted by molar-refractivity contribution is 7.92. The Kier molecular flexibility index (Phi) is 4.16. The van der Waals surface area contributed by atoms with Crippen LogP contribution in [0.5, 0.6) is 0 Å². The van der Waals surface area contributed by atoms with Gasteiger partial charge < -0.3 is 5.11 Å². The molecule has 0 aromatic heterocycles. The van der Waals surface area contributed by atoms with Crippen LogP contribution >= 0.6 is 11.6 Å². The molecule has 4 nitrogen and oxygen atoms in total. The molecule has 1 N–H and O–H groups in total. The number of carboxylic acids is 1. The van der Waals surface area contributed by atoms with Gasteiger partial charge >= 0.3 is 5.97 Å². The van der Waals surface area contributed by atoms with E-state index >= 15 is 0 Å². The monoisotopic (exact) mass is 302 g/mol. The van der Waals surface area contributed by atoms with E-state index in [0.717, 1.165) is 0 Å². The van der Waals surface area contributed by atoms with E-state index in [2.05, 4.69) is 0 Å². The number of aliphatic carboxylic acids is 1. The number of sulfone groups is 1. The molecule has 2 rings (SSSR count). The summed E-state index contributed by atoms with van der Waals surface area (Å²) in [6, 6.07) is 6.38. The van der Waals surface area contributed by atoms with Gasteiger partial charge in [0.05, 0.1) is 21.1 Å². The van der Waals surface area contributed by atoms with Crippen LogP contribution in [-0.4, -0.2) is 24.7 Å². The van der Waals surface area contributed by atoms with Crippen LogP contribution in [0.4, 0.5) is 0 Å². The van der Waals surface area contributed by atoms with E-state index < -0.39 is 27.0 Å². The van der Waals surface area contributed by atoms with Crippen molar-refractivity contribution in [2.45, 2.75) is 35.8 Å². The fourth-order valence-electron chi connectivity index (χ4n) is 2.48. The second-order valence-electron chi connectivity index (χ2n) is 4.79. The minimum atomic E-state index is -3.47. The lowest BCUT2D eigenvalue weighted by Gasteiger charge is -2.26. The molecule has 1 aromatic carbocycles. The minimum Gasteiger partial charge on any atom is -0.481 e. The van der Waals surface area contributed by atoms with Gasteiger partial charge in [0.25, 0.3) is 0 Å². The average Bonchev–Trinajstić information content (AvgIpc) is 2.39. The first-order valence-corrected chi connectivity index (χ1v) is 8.06. The number of halogens is 1. The molecular formula is C13H15ClO4S. The fraction of sp³-hybridized carbons (Fsp3) is 0.462. The number of carboxylic acid groups (broad SMARTS) is 1. The third-order valence-electron chi connectivity index (χ3n) is 3.61. The van der Waals surface area contributed by atoms with Crippen molar-refractivity contribution >= 4 is 27.4 Å². The zero-order valence-corrected chi connectivity index (χ0v) is 11.8. The molecule has 104 valence electrons. The second kappa shape index (κ2) is 5.51. The summed E-state index contributed by atoms with van der Waals surface area (Å²) in [5, 5.41) is 8.62. The Morgan fingerprint density at radius 3 is 2.26 bits per heavy atom. The van der Waals surface area contributed by atoms with Crippen LogP contribution in [0.15, 0.2) is 29.2 Å². The molecule has 0 radical (unpaired) electrons. The quantitative estimate of drug-likeness (QED) is 0.932. The van der Waals surface area contributed by atoms with Crippen LogP contribution in [0, 0.1) is 5.92 Å². The molecule has 19 heavy (non-hydrogen) atoms. The van der Waals surface area contributed by atoms with Crippen molar-refractivity contribution < 1.29 is 18.3 Å². The lowest BCUT2D eigenvalue weighted by Crippen LogP contribution is -2.30. The average molecular weight is 303 g/mol. The van der Waals surface area contributed by atoms with Gasteiger partial charge in [-0.15, -0.1) is 0 Å². The van der Waals surface area contributed by atoms with E-state index in [4.69, 9.17) is 16.7 Å². The van der Waals surface area contributed by atoms with Crippen LogP contribution in [0.2, 0.25) is 5.02 Å². The molecule has 0 atom stereocenters. The number of benzene rings is 1. The van der Waals surface area contributed by atoms with E-state index in [9.17, 15) is 13.2 Å². The molecule has 1 aromatic rings. The molecule has 0 spiro atoms. The van der Waals surface area contributed by atoms with E-state index in [-0.39, 0.29) is 9.92 Å². The maximum atomic E-state index is 12.5. The topological polar surface area (TPSA) is 71.4 Å². The Morgan fingerprint density at radius 2 is 1.74 bits per heavy atom. The minimum absolute atomic E-state index is 0.149. The van der Waals surface area contributed by atoms with Crippen molar-refractivity contribution in [2.24, 2.45) is 5.92 Å². The molecule has 0 bridgehead atoms. The summed E-state index contributed by atoms with van der Waals surface area (Å²) in [6.07, 6.45) is 1.57. The van der Waals surface area contributed by atoms with E-state index in [1.54, 1.807) is 18.2 Å². The normalized spacial score (nSPS) is 24.1. The molecule has 1 aliphatic rings. The van der Waals surface area contributed by atoms with Gasteiger partial charge in [0, 0.05) is 0 Å². The van der Waals surface area contributed by atoms with Crippen LogP contribution in [0.3, 0.4) is 0 Å². The van der Waals surface area contributed by atoms with Gasteiger partial charge in [-0.1, -0.05) is 23.7 Å². The Hall–Kier alpha value is -1.07. The van der Waals surface area contributed by atoms with E-state index in [1.807, 2.05) is 0 Å². The van der Waals surface area contributed by atoms with Gasteiger partial charge in [-0.2, -0.15) is 0 Å². The lowest BCUT2D eigenvalue weighted by molar-refractivity contribution is -0.142. The Balaban J connectivity index is 2.19. The van der Waals surface area contributed by atoms with Crippen molar-refractivity contribution in [3.63, 3.8) is 0 Å². The molecule has 1 fully saturated rings. The number of rotatable bonds is 3. The highest BCUT2D eigenvalue weighted by Gasteiger charge is 2.35. The smallest absolute Gasteiger partial charge is 0.306 e. The van der Waals surface area contributed by atoms with Gasteiger partial charge in [-0.05, 0) is 37.8 Å². The Bertz CT molecular complexity index is 574. The van der Waals surface area contributed by atoms with Gasteiger partial charge in [-0.3, -0.25) is 4.79 Å². The van der Waals surface area contributed by atoms with Gasteiger partial charge in [0.2, 0.25) is 0 Å². The molecule has 0 aliphatic heterocycles. The molecule has 0 heterocycles. The first kappa shape index (κ1) is 14.3. The summed E-state index contributed by atoms with van der Waals surface area (Å²) in [4.78, 5) is 11.0. The third-order valence-corrected chi connectivity index (χ3v) is 6.37. The molecule has 0 saturated heterocycles. The van der Waals surface area contributed by atoms with Crippen molar-refractivity contribution in [1.82, 2.24) is 0 Å². The zero-order valence-electron chi connectivity index (χ0n) is 10.3. The largest absolute Gasteiger partial charge is 0.481 e. The summed E-state index contributed by atoms with van der Waals surface area (Å²) in [5.74, 6) is -1.26. The van der Waals surface area contributed by atoms with Crippen molar-refractivity contribution in [1.29, 1.82) is 0 Å². The summed E-state index contributed by atoms with van der Waals surface area (Å²) in [7, 11) is -3.47. The van der Waals surface area contributed by atoms with Crippen LogP contribution in [0.1, 0.15) is 25.7 Å². The molecule has 6 heteroatoms. The predicted octanol–water partition coefficient (Wildman–Crippen LogP) is 2.76. The van der Waals surface area contributed by atoms with Crippen LogP contribution in [0.25, 0.3) is 0 Å². The highest BCUT2D eigenvalue weighted by Crippen LogP contribution is 2.34. The summed E-state index contributed by atoms with van der Waals surface area (Å²) in [6.45, 7) is 0. The molecule has 0 amide bonds. The predicted molar refractivity (Wildman–Crippen MR) is 72.0 cm³/mol. The maximum absolute atomic E-state index is 12.5. The van der Waals surface area contributed by atoms with Crippen molar-refractivity contribution in [3.8, 4) is 0 Å². The molecule has 1 aliphatic carbocycles. The van der Waals surface area contributed by atoms with Crippen molar-refractivity contribution in [2.75, 3.05) is 0 Å². The Morgan fingerprint density at radius 1 is 1.16 bits per heavy atom. The van der Waals surface area contributed by atoms with Crippen molar-refractivity contribution in [3.05, 3.63) is 29.3 Å². The first-order valence-electron chi connectivity index (χ1n) is 6.14. The first-order chi connectivity index (χ1) is 8.93. The van der Waals surface area contributed by atoms with E-state index in [1.165, 1.54) is 6.07 Å². The second-order valence-corrected chi connectivity index (χ2v) is 7.39. The standard InChI is InChI=1S/C13H15ClO4S/c14-11-3-1-2-4-12(11)19(17,18)10-7-5-9(6-8-10)13(15)16/h1-4,9-10H,5-8H2,(H,15,16).